The fourth-order valence-corrected chi connectivity index (χ4v) is 1.66. The molecule has 1 rings (SSSR count). The molecule has 0 atom stereocenters. The SMILES string of the molecule is OCCCCCN(CC(F)(F)F)C1CC1. The van der Waals surface area contributed by atoms with E-state index in [4.69, 9.17) is 5.11 Å². The van der Waals surface area contributed by atoms with Gasteiger partial charge in [0.05, 0.1) is 6.54 Å². The summed E-state index contributed by atoms with van der Waals surface area (Å²) < 4.78 is 36.6. The van der Waals surface area contributed by atoms with Gasteiger partial charge in [0.15, 0.2) is 0 Å². The molecular weight excluding hydrogens is 207 g/mol. The van der Waals surface area contributed by atoms with Crippen molar-refractivity contribution in [2.24, 2.45) is 0 Å². The number of aliphatic hydroxyl groups is 1. The first kappa shape index (κ1) is 12.8. The summed E-state index contributed by atoms with van der Waals surface area (Å²) in [6.45, 7) is -0.149. The van der Waals surface area contributed by atoms with Crippen molar-refractivity contribution < 1.29 is 18.3 Å². The molecule has 0 aromatic heterocycles. The predicted molar refractivity (Wildman–Crippen MR) is 51.6 cm³/mol. The summed E-state index contributed by atoms with van der Waals surface area (Å²) in [5.74, 6) is 0. The molecule has 0 radical (unpaired) electrons. The van der Waals surface area contributed by atoms with Crippen molar-refractivity contribution in [3.8, 4) is 0 Å². The molecule has 0 aromatic rings. The van der Waals surface area contributed by atoms with E-state index in [1.807, 2.05) is 0 Å². The second kappa shape index (κ2) is 5.70. The number of halogens is 3. The van der Waals surface area contributed by atoms with Crippen LogP contribution in [0.15, 0.2) is 0 Å². The number of alkyl halides is 3. The largest absolute Gasteiger partial charge is 0.401 e. The smallest absolute Gasteiger partial charge is 0.396 e. The summed E-state index contributed by atoms with van der Waals surface area (Å²) in [5.41, 5.74) is 0. The Morgan fingerprint density at radius 2 is 1.80 bits per heavy atom. The van der Waals surface area contributed by atoms with Gasteiger partial charge >= 0.3 is 6.18 Å². The lowest BCUT2D eigenvalue weighted by Gasteiger charge is -2.23. The molecule has 0 saturated heterocycles. The Morgan fingerprint density at radius 1 is 1.13 bits per heavy atom. The maximum Gasteiger partial charge on any atom is 0.401 e. The maximum atomic E-state index is 12.2. The van der Waals surface area contributed by atoms with E-state index in [1.165, 1.54) is 4.90 Å². The molecule has 0 spiro atoms. The number of aliphatic hydroxyl groups excluding tert-OH is 1. The quantitative estimate of drug-likeness (QED) is 0.671. The average molecular weight is 225 g/mol. The molecular formula is C10H18F3NO. The summed E-state index contributed by atoms with van der Waals surface area (Å²) >= 11 is 0. The van der Waals surface area contributed by atoms with Gasteiger partial charge in [-0.15, -0.1) is 0 Å². The van der Waals surface area contributed by atoms with Crippen molar-refractivity contribution in [1.82, 2.24) is 4.90 Å². The van der Waals surface area contributed by atoms with Crippen LogP contribution < -0.4 is 0 Å². The Labute approximate surface area is 88.1 Å². The molecule has 1 aliphatic carbocycles. The first-order valence-electron chi connectivity index (χ1n) is 5.44. The van der Waals surface area contributed by atoms with Crippen LogP contribution in [0.5, 0.6) is 0 Å². The van der Waals surface area contributed by atoms with Crippen molar-refractivity contribution in [3.05, 3.63) is 0 Å². The standard InChI is InChI=1S/C10H18F3NO/c11-10(12,13)8-14(9-4-5-9)6-2-1-3-7-15/h9,15H,1-8H2. The lowest BCUT2D eigenvalue weighted by molar-refractivity contribution is -0.147. The van der Waals surface area contributed by atoms with Crippen molar-refractivity contribution in [3.63, 3.8) is 0 Å². The van der Waals surface area contributed by atoms with Crippen molar-refractivity contribution in [2.45, 2.75) is 44.3 Å². The van der Waals surface area contributed by atoms with Gasteiger partial charge in [0, 0.05) is 12.6 Å². The summed E-state index contributed by atoms with van der Waals surface area (Å²) in [5, 5.41) is 8.55. The zero-order chi connectivity index (χ0) is 11.3. The van der Waals surface area contributed by atoms with E-state index < -0.39 is 12.7 Å². The van der Waals surface area contributed by atoms with E-state index in [0.29, 0.717) is 13.0 Å². The van der Waals surface area contributed by atoms with Gasteiger partial charge in [0.25, 0.3) is 0 Å². The predicted octanol–water partition coefficient (Wildman–Crippen LogP) is 2.18. The van der Waals surface area contributed by atoms with E-state index in [-0.39, 0.29) is 12.6 Å². The van der Waals surface area contributed by atoms with Gasteiger partial charge in [-0.05, 0) is 38.6 Å². The first-order valence-corrected chi connectivity index (χ1v) is 5.44. The van der Waals surface area contributed by atoms with Crippen molar-refractivity contribution in [2.75, 3.05) is 19.7 Å². The van der Waals surface area contributed by atoms with E-state index >= 15 is 0 Å². The van der Waals surface area contributed by atoms with Crippen LogP contribution in [0.2, 0.25) is 0 Å². The van der Waals surface area contributed by atoms with Crippen LogP contribution in [-0.4, -0.2) is 41.9 Å². The third-order valence-electron chi connectivity index (χ3n) is 2.55. The monoisotopic (exact) mass is 225 g/mol. The highest BCUT2D eigenvalue weighted by atomic mass is 19.4. The molecule has 0 unspecified atom stereocenters. The second-order valence-electron chi connectivity index (χ2n) is 4.10. The Hall–Kier alpha value is -0.290. The molecule has 1 N–H and O–H groups in total. The number of hydrogen-bond donors (Lipinski definition) is 1. The third kappa shape index (κ3) is 5.99. The Morgan fingerprint density at radius 3 is 2.27 bits per heavy atom. The molecule has 2 nitrogen and oxygen atoms in total. The molecule has 0 bridgehead atoms. The molecule has 1 aliphatic rings. The van der Waals surface area contributed by atoms with Crippen molar-refractivity contribution >= 4 is 0 Å². The summed E-state index contributed by atoms with van der Waals surface area (Å²) in [6, 6.07) is 0.153. The fraction of sp³-hybridized carbons (Fsp3) is 1.00. The first-order chi connectivity index (χ1) is 7.03. The minimum absolute atomic E-state index is 0.128. The number of nitrogens with zero attached hydrogens (tertiary/aromatic N) is 1. The van der Waals surface area contributed by atoms with E-state index in [1.54, 1.807) is 0 Å². The van der Waals surface area contributed by atoms with Gasteiger partial charge in [-0.1, -0.05) is 0 Å². The van der Waals surface area contributed by atoms with Crippen LogP contribution in [0, 0.1) is 0 Å². The van der Waals surface area contributed by atoms with Gasteiger partial charge in [0.2, 0.25) is 0 Å². The fourth-order valence-electron chi connectivity index (χ4n) is 1.66. The molecule has 0 aromatic carbocycles. The molecule has 1 saturated carbocycles. The molecule has 90 valence electrons. The summed E-state index contributed by atoms with van der Waals surface area (Å²) in [4.78, 5) is 1.53. The van der Waals surface area contributed by atoms with Crippen LogP contribution in [0.3, 0.4) is 0 Å². The normalized spacial score (nSPS) is 17.4. The van der Waals surface area contributed by atoms with Crippen LogP contribution >= 0.6 is 0 Å². The number of rotatable bonds is 7. The minimum Gasteiger partial charge on any atom is -0.396 e. The van der Waals surface area contributed by atoms with Crippen LogP contribution in [0.4, 0.5) is 13.2 Å². The Bertz CT molecular complexity index is 180. The molecule has 0 amide bonds. The highest BCUT2D eigenvalue weighted by molar-refractivity contribution is 4.85. The number of unbranched alkanes of at least 4 members (excludes halogenated alkanes) is 2. The molecule has 0 heterocycles. The highest BCUT2D eigenvalue weighted by Gasteiger charge is 2.37. The maximum absolute atomic E-state index is 12.2. The summed E-state index contributed by atoms with van der Waals surface area (Å²) in [6.07, 6.45) is -0.0546. The van der Waals surface area contributed by atoms with Crippen LogP contribution in [0.25, 0.3) is 0 Å². The van der Waals surface area contributed by atoms with Crippen LogP contribution in [-0.2, 0) is 0 Å². The Balaban J connectivity index is 2.19. The van der Waals surface area contributed by atoms with Gasteiger partial charge in [0.1, 0.15) is 0 Å². The Kier molecular flexibility index (Phi) is 4.86. The topological polar surface area (TPSA) is 23.5 Å². The molecule has 1 fully saturated rings. The third-order valence-corrected chi connectivity index (χ3v) is 2.55. The van der Waals surface area contributed by atoms with Gasteiger partial charge in [-0.3, -0.25) is 4.90 Å². The van der Waals surface area contributed by atoms with Gasteiger partial charge in [-0.25, -0.2) is 0 Å². The second-order valence-corrected chi connectivity index (χ2v) is 4.10. The highest BCUT2D eigenvalue weighted by Crippen LogP contribution is 2.30. The van der Waals surface area contributed by atoms with E-state index in [0.717, 1.165) is 25.7 Å². The van der Waals surface area contributed by atoms with Gasteiger partial charge < -0.3 is 5.11 Å². The van der Waals surface area contributed by atoms with Gasteiger partial charge in [-0.2, -0.15) is 13.2 Å². The van der Waals surface area contributed by atoms with E-state index in [2.05, 4.69) is 0 Å². The van der Waals surface area contributed by atoms with Crippen molar-refractivity contribution in [1.29, 1.82) is 0 Å². The summed E-state index contributed by atoms with van der Waals surface area (Å²) in [7, 11) is 0. The lowest BCUT2D eigenvalue weighted by atomic mass is 10.2. The molecule has 5 heteroatoms. The lowest BCUT2D eigenvalue weighted by Crippen LogP contribution is -2.36. The minimum atomic E-state index is -4.08. The molecule has 15 heavy (non-hydrogen) atoms. The zero-order valence-electron chi connectivity index (χ0n) is 8.76. The molecule has 0 aliphatic heterocycles. The zero-order valence-corrected chi connectivity index (χ0v) is 8.76. The van der Waals surface area contributed by atoms with Crippen LogP contribution in [0.1, 0.15) is 32.1 Å². The van der Waals surface area contributed by atoms with E-state index in [9.17, 15) is 13.2 Å². The number of hydrogen-bond acceptors (Lipinski definition) is 2. The average Bonchev–Trinajstić information content (AvgIpc) is 2.91.